The highest BCUT2D eigenvalue weighted by atomic mass is 16.5. The van der Waals surface area contributed by atoms with Crippen LogP contribution < -0.4 is 0 Å². The first-order chi connectivity index (χ1) is 22.5. The summed E-state index contributed by atoms with van der Waals surface area (Å²) in [6, 6.07) is 42.2. The molecule has 0 spiro atoms. The summed E-state index contributed by atoms with van der Waals surface area (Å²) in [6.45, 7) is 6.60. The monoisotopic (exact) mass is 592 g/mol. The zero-order valence-electron chi connectivity index (χ0n) is 26.7. The Morgan fingerprint density at radius 2 is 1.07 bits per heavy atom. The van der Waals surface area contributed by atoms with E-state index in [1.165, 1.54) is 22.1 Å². The van der Waals surface area contributed by atoms with Crippen LogP contribution in [-0.2, 0) is 17.8 Å². The molecule has 0 bridgehead atoms. The summed E-state index contributed by atoms with van der Waals surface area (Å²) in [5.41, 5.74) is 8.83. The number of fused-ring (bicyclic) bond motifs is 2. The molecule has 46 heavy (non-hydrogen) atoms. The molecule has 0 aromatic heterocycles. The van der Waals surface area contributed by atoms with Crippen molar-refractivity contribution in [3.63, 3.8) is 0 Å². The number of aryl methyl sites for hydroxylation is 3. The summed E-state index contributed by atoms with van der Waals surface area (Å²) < 4.78 is 6.26. The van der Waals surface area contributed by atoms with Gasteiger partial charge in [-0.15, -0.1) is 0 Å². The van der Waals surface area contributed by atoms with Crippen LogP contribution in [0.5, 0.6) is 0 Å². The van der Waals surface area contributed by atoms with Crippen LogP contribution in [0.1, 0.15) is 57.9 Å². The van der Waals surface area contributed by atoms with Crippen molar-refractivity contribution in [3.05, 3.63) is 166 Å². The first kappa shape index (κ1) is 30.5. The van der Waals surface area contributed by atoms with Crippen LogP contribution in [0.4, 0.5) is 0 Å². The predicted molar refractivity (Wildman–Crippen MR) is 193 cm³/mol. The summed E-state index contributed by atoms with van der Waals surface area (Å²) in [4.78, 5) is 0. The van der Waals surface area contributed by atoms with Crippen molar-refractivity contribution in [1.29, 1.82) is 0 Å². The van der Waals surface area contributed by atoms with E-state index in [9.17, 15) is 0 Å². The van der Waals surface area contributed by atoms with Gasteiger partial charge >= 0.3 is 0 Å². The van der Waals surface area contributed by atoms with E-state index in [0.29, 0.717) is 6.61 Å². The molecule has 1 heteroatoms. The summed E-state index contributed by atoms with van der Waals surface area (Å²) in [6.07, 6.45) is 1.37. The quantitative estimate of drug-likeness (QED) is 0.181. The number of benzene rings is 6. The zero-order chi connectivity index (χ0) is 31.7. The molecule has 0 aliphatic rings. The molecule has 1 nitrogen and oxygen atoms in total. The third-order valence-electron chi connectivity index (χ3n) is 8.11. The molecule has 1 atom stereocenters. The van der Waals surface area contributed by atoms with Gasteiger partial charge in [-0.2, -0.15) is 0 Å². The van der Waals surface area contributed by atoms with Gasteiger partial charge in [-0.05, 0) is 84.1 Å². The SMILES string of the molecule is Cc1ccc(C#CCCc2ccc3ccccc3c2C#Cc2c(CO[C@@H](C)C#Cc3ccc(C)cc3)ccc3ccccc23)cc1. The second-order valence-corrected chi connectivity index (χ2v) is 11.6. The minimum Gasteiger partial charge on any atom is -0.361 e. The van der Waals surface area contributed by atoms with Crippen LogP contribution in [0.15, 0.2) is 121 Å². The molecule has 6 rings (SSSR count). The highest BCUT2D eigenvalue weighted by Gasteiger charge is 2.10. The van der Waals surface area contributed by atoms with Crippen LogP contribution in [0.25, 0.3) is 21.5 Å². The lowest BCUT2D eigenvalue weighted by Crippen LogP contribution is -2.06. The third-order valence-corrected chi connectivity index (χ3v) is 8.11. The van der Waals surface area contributed by atoms with Crippen LogP contribution >= 0.6 is 0 Å². The zero-order valence-corrected chi connectivity index (χ0v) is 26.7. The average Bonchev–Trinajstić information content (AvgIpc) is 3.09. The van der Waals surface area contributed by atoms with Gasteiger partial charge < -0.3 is 4.74 Å². The van der Waals surface area contributed by atoms with Crippen molar-refractivity contribution in [2.75, 3.05) is 0 Å². The Morgan fingerprint density at radius 1 is 0.543 bits per heavy atom. The van der Waals surface area contributed by atoms with Gasteiger partial charge in [0.2, 0.25) is 0 Å². The van der Waals surface area contributed by atoms with E-state index in [1.807, 2.05) is 19.1 Å². The Hall–Kier alpha value is -5.52. The molecule has 0 N–H and O–H groups in total. The van der Waals surface area contributed by atoms with Crippen molar-refractivity contribution < 1.29 is 4.74 Å². The summed E-state index contributed by atoms with van der Waals surface area (Å²) >= 11 is 0. The fraction of sp³-hybridized carbons (Fsp3) is 0.156. The molecular weight excluding hydrogens is 556 g/mol. The van der Waals surface area contributed by atoms with Gasteiger partial charge in [0.1, 0.15) is 6.10 Å². The maximum Gasteiger partial charge on any atom is 0.116 e. The molecule has 0 saturated carbocycles. The standard InChI is InChI=1S/C45H36O/c1-33-16-21-36(22-17-33)10-4-5-11-40-27-26-38-12-6-8-14-42(38)44(40)30-31-45-41(29-28-39-13-7-9-15-43(39)45)32-46-35(3)20-25-37-23-18-34(2)19-24-37/h6-9,12-19,21-24,26-29,35H,5,11,32H2,1-3H3/t35-/m0/s1. The van der Waals surface area contributed by atoms with Gasteiger partial charge in [0.25, 0.3) is 0 Å². The molecule has 0 fully saturated rings. The topological polar surface area (TPSA) is 9.23 Å². The molecule has 0 amide bonds. The van der Waals surface area contributed by atoms with E-state index in [1.54, 1.807) is 0 Å². The van der Waals surface area contributed by atoms with Crippen molar-refractivity contribution in [2.24, 2.45) is 0 Å². The average molecular weight is 593 g/mol. The number of hydrogen-bond donors (Lipinski definition) is 0. The minimum absolute atomic E-state index is 0.223. The van der Waals surface area contributed by atoms with Gasteiger partial charge in [0.15, 0.2) is 0 Å². The largest absolute Gasteiger partial charge is 0.361 e. The van der Waals surface area contributed by atoms with E-state index in [2.05, 4.69) is 159 Å². The Bertz CT molecular complexity index is 2180. The summed E-state index contributed by atoms with van der Waals surface area (Å²) in [5.74, 6) is 20.4. The molecule has 0 heterocycles. The van der Waals surface area contributed by atoms with Crippen molar-refractivity contribution in [2.45, 2.75) is 46.3 Å². The van der Waals surface area contributed by atoms with Crippen LogP contribution in [0.2, 0.25) is 0 Å². The highest BCUT2D eigenvalue weighted by molar-refractivity contribution is 5.92. The maximum atomic E-state index is 6.26. The Morgan fingerprint density at radius 3 is 1.67 bits per heavy atom. The van der Waals surface area contributed by atoms with E-state index in [0.717, 1.165) is 56.8 Å². The second kappa shape index (κ2) is 14.5. The van der Waals surface area contributed by atoms with Gasteiger partial charge in [0.05, 0.1) is 6.61 Å². The summed E-state index contributed by atoms with van der Waals surface area (Å²) in [7, 11) is 0. The smallest absolute Gasteiger partial charge is 0.116 e. The molecule has 0 aliphatic carbocycles. The molecule has 0 saturated heterocycles. The van der Waals surface area contributed by atoms with Crippen molar-refractivity contribution in [1.82, 2.24) is 0 Å². The van der Waals surface area contributed by atoms with E-state index in [4.69, 9.17) is 4.74 Å². The molecule has 0 aliphatic heterocycles. The summed E-state index contributed by atoms with van der Waals surface area (Å²) in [5, 5.41) is 4.63. The van der Waals surface area contributed by atoms with Crippen LogP contribution in [0.3, 0.4) is 0 Å². The Balaban J connectivity index is 1.31. The molecule has 0 unspecified atom stereocenters. The van der Waals surface area contributed by atoms with Gasteiger partial charge in [-0.1, -0.05) is 144 Å². The van der Waals surface area contributed by atoms with Gasteiger partial charge in [-0.3, -0.25) is 0 Å². The first-order valence-corrected chi connectivity index (χ1v) is 15.8. The number of rotatable bonds is 5. The van der Waals surface area contributed by atoms with Crippen molar-refractivity contribution in [3.8, 4) is 35.5 Å². The Labute approximate surface area is 273 Å². The van der Waals surface area contributed by atoms with E-state index >= 15 is 0 Å². The lowest BCUT2D eigenvalue weighted by Gasteiger charge is -2.12. The van der Waals surface area contributed by atoms with E-state index < -0.39 is 0 Å². The fourth-order valence-electron chi connectivity index (χ4n) is 5.46. The molecule has 0 radical (unpaired) electrons. The van der Waals surface area contributed by atoms with Gasteiger partial charge in [0, 0.05) is 28.7 Å². The normalized spacial score (nSPS) is 11.1. The highest BCUT2D eigenvalue weighted by Crippen LogP contribution is 2.26. The number of ether oxygens (including phenoxy) is 1. The first-order valence-electron chi connectivity index (χ1n) is 15.8. The lowest BCUT2D eigenvalue weighted by atomic mass is 9.95. The maximum absolute atomic E-state index is 6.26. The lowest BCUT2D eigenvalue weighted by molar-refractivity contribution is 0.0900. The minimum atomic E-state index is -0.223. The molecule has 6 aromatic carbocycles. The Kier molecular flexibility index (Phi) is 9.62. The fourth-order valence-corrected chi connectivity index (χ4v) is 5.46. The predicted octanol–water partition coefficient (Wildman–Crippen LogP) is 9.95. The third kappa shape index (κ3) is 7.57. The van der Waals surface area contributed by atoms with Crippen molar-refractivity contribution >= 4 is 21.5 Å². The molecule has 6 aromatic rings. The van der Waals surface area contributed by atoms with E-state index in [-0.39, 0.29) is 6.10 Å². The van der Waals surface area contributed by atoms with Crippen LogP contribution in [-0.4, -0.2) is 6.10 Å². The number of hydrogen-bond acceptors (Lipinski definition) is 1. The molecular formula is C45H36O. The second-order valence-electron chi connectivity index (χ2n) is 11.6. The van der Waals surface area contributed by atoms with Gasteiger partial charge in [-0.25, -0.2) is 0 Å². The molecule has 222 valence electrons. The van der Waals surface area contributed by atoms with Crippen LogP contribution in [0, 0.1) is 49.4 Å².